The summed E-state index contributed by atoms with van der Waals surface area (Å²) in [6, 6.07) is 15.1. The van der Waals surface area contributed by atoms with Gasteiger partial charge in [-0.1, -0.05) is 68.8 Å². The van der Waals surface area contributed by atoms with Crippen molar-refractivity contribution >= 4 is 18.0 Å². The average molecular weight is 440 g/mol. The van der Waals surface area contributed by atoms with Crippen molar-refractivity contribution in [1.82, 2.24) is 10.6 Å². The van der Waals surface area contributed by atoms with Gasteiger partial charge < -0.3 is 25.6 Å². The Kier molecular flexibility index (Phi) is 7.48. The van der Waals surface area contributed by atoms with Gasteiger partial charge in [0.05, 0.1) is 6.54 Å². The van der Waals surface area contributed by atoms with E-state index in [4.69, 9.17) is 9.84 Å². The fraction of sp³-hybridized carbons (Fsp3) is 0.375. The van der Waals surface area contributed by atoms with E-state index in [1.54, 1.807) is 6.92 Å². The summed E-state index contributed by atoms with van der Waals surface area (Å²) in [5.41, 5.74) is 4.40. The van der Waals surface area contributed by atoms with Crippen LogP contribution in [-0.2, 0) is 14.3 Å². The number of fused-ring (bicyclic) bond motifs is 3. The normalized spacial score (nSPS) is 15.1. The largest absolute Gasteiger partial charge is 0.479 e. The quantitative estimate of drug-likeness (QED) is 0.475. The van der Waals surface area contributed by atoms with Gasteiger partial charge in [-0.2, -0.15) is 0 Å². The van der Waals surface area contributed by atoms with Crippen LogP contribution in [0.25, 0.3) is 11.1 Å². The van der Waals surface area contributed by atoms with Gasteiger partial charge in [-0.05, 0) is 28.2 Å². The fourth-order valence-electron chi connectivity index (χ4n) is 3.86. The number of rotatable bonds is 9. The minimum atomic E-state index is -1.72. The van der Waals surface area contributed by atoms with Crippen LogP contribution < -0.4 is 10.6 Å². The van der Waals surface area contributed by atoms with Gasteiger partial charge in [0.1, 0.15) is 12.6 Å². The molecule has 0 saturated heterocycles. The molecule has 3 rings (SSSR count). The number of hydrogen-bond donors (Lipinski definition) is 4. The molecule has 3 atom stereocenters. The zero-order chi connectivity index (χ0) is 23.3. The highest BCUT2D eigenvalue weighted by molar-refractivity contribution is 5.86. The number of ether oxygens (including phenoxy) is 1. The first-order chi connectivity index (χ1) is 15.3. The number of nitrogens with one attached hydrogen (secondary N) is 2. The van der Waals surface area contributed by atoms with Crippen molar-refractivity contribution in [2.75, 3.05) is 13.2 Å². The Morgan fingerprint density at radius 2 is 1.59 bits per heavy atom. The topological polar surface area (TPSA) is 125 Å². The number of amides is 2. The number of carbonyl (C=O) groups is 3. The van der Waals surface area contributed by atoms with Crippen LogP contribution in [-0.4, -0.2) is 53.5 Å². The fourth-order valence-corrected chi connectivity index (χ4v) is 3.86. The van der Waals surface area contributed by atoms with Gasteiger partial charge in [0.25, 0.3) is 0 Å². The highest BCUT2D eigenvalue weighted by Gasteiger charge is 2.31. The molecule has 2 amide bonds. The molecule has 2 aromatic rings. The van der Waals surface area contributed by atoms with Gasteiger partial charge in [-0.3, -0.25) is 4.79 Å². The summed E-state index contributed by atoms with van der Waals surface area (Å²) in [6.07, 6.45) is -1.85. The first kappa shape index (κ1) is 23.3. The molecule has 170 valence electrons. The summed E-state index contributed by atoms with van der Waals surface area (Å²) in [5, 5.41) is 23.1. The Morgan fingerprint density at radius 1 is 1.03 bits per heavy atom. The van der Waals surface area contributed by atoms with Crippen molar-refractivity contribution in [2.24, 2.45) is 5.92 Å². The lowest BCUT2D eigenvalue weighted by molar-refractivity contribution is -0.146. The maximum absolute atomic E-state index is 12.5. The lowest BCUT2D eigenvalue weighted by atomic mass is 9.98. The number of aliphatic carboxylic acids is 1. The van der Waals surface area contributed by atoms with E-state index in [-0.39, 0.29) is 18.4 Å². The highest BCUT2D eigenvalue weighted by Crippen LogP contribution is 2.44. The summed E-state index contributed by atoms with van der Waals surface area (Å²) in [5.74, 6) is -2.34. The summed E-state index contributed by atoms with van der Waals surface area (Å²) in [6.45, 7) is 3.33. The summed E-state index contributed by atoms with van der Waals surface area (Å²) in [4.78, 5) is 35.8. The van der Waals surface area contributed by atoms with E-state index in [1.165, 1.54) is 0 Å². The molecule has 1 aliphatic carbocycles. The van der Waals surface area contributed by atoms with E-state index >= 15 is 0 Å². The Bertz CT molecular complexity index is 946. The predicted octanol–water partition coefficient (Wildman–Crippen LogP) is 2.50. The molecule has 8 heteroatoms. The highest BCUT2D eigenvalue weighted by atomic mass is 16.5. The van der Waals surface area contributed by atoms with Crippen LogP contribution in [0, 0.1) is 5.92 Å². The molecule has 0 aromatic heterocycles. The van der Waals surface area contributed by atoms with E-state index < -0.39 is 36.7 Å². The van der Waals surface area contributed by atoms with Crippen molar-refractivity contribution in [3.63, 3.8) is 0 Å². The van der Waals surface area contributed by atoms with Crippen LogP contribution in [0.5, 0.6) is 0 Å². The number of carbonyl (C=O) groups excluding carboxylic acids is 2. The molecule has 4 N–H and O–H groups in total. The van der Waals surface area contributed by atoms with Crippen molar-refractivity contribution in [3.05, 3.63) is 59.7 Å². The van der Waals surface area contributed by atoms with Crippen molar-refractivity contribution in [2.45, 2.75) is 38.3 Å². The lowest BCUT2D eigenvalue weighted by Crippen LogP contribution is -2.52. The van der Waals surface area contributed by atoms with Gasteiger partial charge in [-0.25, -0.2) is 9.59 Å². The predicted molar refractivity (Wildman–Crippen MR) is 118 cm³/mol. The number of benzene rings is 2. The smallest absolute Gasteiger partial charge is 0.407 e. The Hall–Kier alpha value is -3.39. The molecule has 0 fully saturated rings. The van der Waals surface area contributed by atoms with Crippen LogP contribution in [0.15, 0.2) is 48.5 Å². The summed E-state index contributed by atoms with van der Waals surface area (Å²) < 4.78 is 5.51. The van der Waals surface area contributed by atoms with Gasteiger partial charge in [0.15, 0.2) is 6.10 Å². The third-order valence-corrected chi connectivity index (χ3v) is 5.87. The van der Waals surface area contributed by atoms with Crippen LogP contribution in [0.1, 0.15) is 37.3 Å². The first-order valence-electron chi connectivity index (χ1n) is 10.6. The molecule has 32 heavy (non-hydrogen) atoms. The van der Waals surface area contributed by atoms with Gasteiger partial charge >= 0.3 is 12.1 Å². The molecule has 0 spiro atoms. The second-order valence-electron chi connectivity index (χ2n) is 7.93. The molecular formula is C24H28N2O6. The van der Waals surface area contributed by atoms with Crippen molar-refractivity contribution in [3.8, 4) is 11.1 Å². The van der Waals surface area contributed by atoms with Gasteiger partial charge in [0, 0.05) is 5.92 Å². The average Bonchev–Trinajstić information content (AvgIpc) is 3.12. The van der Waals surface area contributed by atoms with Gasteiger partial charge in [0.2, 0.25) is 5.91 Å². The molecule has 8 nitrogen and oxygen atoms in total. The standard InChI is InChI=1S/C24H28N2O6/c1-3-14(2)21(22(28)25-12-20(27)23(29)30)26-24(31)32-13-19-17-10-6-4-8-15(17)16-9-5-7-11-18(16)19/h4-11,14,19-21,27H,3,12-13H2,1-2H3,(H,25,28)(H,26,31)(H,29,30)/t14-,20-,21-/m0/s1. The third kappa shape index (κ3) is 5.08. The minimum Gasteiger partial charge on any atom is -0.479 e. The minimum absolute atomic E-state index is 0.102. The van der Waals surface area contributed by atoms with E-state index in [9.17, 15) is 19.5 Å². The Balaban J connectivity index is 1.64. The molecular weight excluding hydrogens is 412 g/mol. The molecule has 2 aromatic carbocycles. The SMILES string of the molecule is CC[C@H](C)[C@H](NC(=O)OCC1c2ccccc2-c2ccccc21)C(=O)NC[C@H](O)C(=O)O. The number of aliphatic hydroxyl groups is 1. The second kappa shape index (κ2) is 10.3. The molecule has 0 bridgehead atoms. The van der Waals surface area contributed by atoms with E-state index in [0.717, 1.165) is 22.3 Å². The lowest BCUT2D eigenvalue weighted by Gasteiger charge is -2.24. The van der Waals surface area contributed by atoms with Crippen molar-refractivity contribution in [1.29, 1.82) is 0 Å². The van der Waals surface area contributed by atoms with Crippen LogP contribution in [0.2, 0.25) is 0 Å². The van der Waals surface area contributed by atoms with Crippen molar-refractivity contribution < 1.29 is 29.3 Å². The molecule has 0 heterocycles. The Labute approximate surface area is 186 Å². The number of aliphatic hydroxyl groups excluding tert-OH is 1. The van der Waals surface area contributed by atoms with E-state index in [1.807, 2.05) is 55.5 Å². The first-order valence-corrected chi connectivity index (χ1v) is 10.6. The zero-order valence-electron chi connectivity index (χ0n) is 18.1. The number of alkyl carbamates (subject to hydrolysis) is 1. The van der Waals surface area contributed by atoms with Crippen LogP contribution >= 0.6 is 0 Å². The summed E-state index contributed by atoms with van der Waals surface area (Å²) in [7, 11) is 0. The number of carboxylic acids is 1. The monoisotopic (exact) mass is 440 g/mol. The maximum atomic E-state index is 12.5. The number of carboxylic acid groups (broad SMARTS) is 1. The summed E-state index contributed by atoms with van der Waals surface area (Å²) >= 11 is 0. The van der Waals surface area contributed by atoms with E-state index in [2.05, 4.69) is 10.6 Å². The zero-order valence-corrected chi connectivity index (χ0v) is 18.1. The molecule has 0 radical (unpaired) electrons. The van der Waals surface area contributed by atoms with Gasteiger partial charge in [-0.15, -0.1) is 0 Å². The Morgan fingerprint density at radius 3 is 2.12 bits per heavy atom. The molecule has 0 unspecified atom stereocenters. The van der Waals surface area contributed by atoms with Crippen LogP contribution in [0.4, 0.5) is 4.79 Å². The second-order valence-corrected chi connectivity index (χ2v) is 7.93. The van der Waals surface area contributed by atoms with Crippen LogP contribution in [0.3, 0.4) is 0 Å². The molecule has 0 aliphatic heterocycles. The maximum Gasteiger partial charge on any atom is 0.407 e. The molecule has 0 saturated carbocycles. The molecule has 1 aliphatic rings. The number of hydrogen-bond acceptors (Lipinski definition) is 5. The third-order valence-electron chi connectivity index (χ3n) is 5.87. The van der Waals surface area contributed by atoms with E-state index in [0.29, 0.717) is 6.42 Å².